The van der Waals surface area contributed by atoms with Gasteiger partial charge in [-0.05, 0) is 119 Å². The Hall–Kier alpha value is -4.84. The van der Waals surface area contributed by atoms with Crippen LogP contribution in [0.25, 0.3) is 0 Å². The van der Waals surface area contributed by atoms with E-state index in [1.54, 1.807) is 34.0 Å². The highest BCUT2D eigenvalue weighted by Crippen LogP contribution is 2.38. The Morgan fingerprint density at radius 3 is 2.36 bits per heavy atom. The number of ether oxygens (including phenoxy) is 5. The number of carbonyl (C=O) groups is 6. The van der Waals surface area contributed by atoms with Crippen molar-refractivity contribution in [2.75, 3.05) is 33.4 Å². The van der Waals surface area contributed by atoms with Gasteiger partial charge in [0.2, 0.25) is 5.79 Å². The molecular formula is C60H88N2O14. The molecule has 3 aliphatic heterocycles. The lowest BCUT2D eigenvalue weighted by molar-refractivity contribution is -0.266. The number of aliphatic hydroxyl groups is 3. The second kappa shape index (κ2) is 30.3. The number of allylic oxidation sites excluding steroid dienone is 6. The molecule has 4 N–H and O–H groups in total. The number of nitrogens with one attached hydrogen (secondary N) is 1. The molecule has 14 atom stereocenters. The van der Waals surface area contributed by atoms with Crippen LogP contribution < -0.4 is 5.32 Å². The lowest BCUT2D eigenvalue weighted by Crippen LogP contribution is -2.61. The fraction of sp³-hybridized carbons (Fsp3) is 0.667. The number of alkyl carbamates (subject to hydrolysis) is 1. The van der Waals surface area contributed by atoms with Gasteiger partial charge < -0.3 is 49.2 Å². The quantitative estimate of drug-likeness (QED) is 0.0940. The van der Waals surface area contributed by atoms with Gasteiger partial charge in [0, 0.05) is 57.2 Å². The number of nitrogens with zero attached hydrogens (tertiary/aromatic N) is 1. The Bertz CT molecular complexity index is 2210. The number of ketones is 3. The summed E-state index contributed by atoms with van der Waals surface area (Å²) in [4.78, 5) is 84.8. The van der Waals surface area contributed by atoms with Crippen LogP contribution in [0.15, 0.2) is 77.9 Å². The second-order valence-electron chi connectivity index (χ2n) is 22.2. The highest BCUT2D eigenvalue weighted by molar-refractivity contribution is 6.39. The zero-order valence-electron chi connectivity index (χ0n) is 46.4. The molecule has 5 rings (SSSR count). The number of hydrogen-bond donors (Lipinski definition) is 4. The van der Waals surface area contributed by atoms with Crippen molar-refractivity contribution in [2.24, 2.45) is 35.5 Å². The van der Waals surface area contributed by atoms with Crippen LogP contribution >= 0.6 is 0 Å². The van der Waals surface area contributed by atoms with Gasteiger partial charge in [0.15, 0.2) is 0 Å². The molecule has 1 aromatic rings. The summed E-state index contributed by atoms with van der Waals surface area (Å²) >= 11 is 0. The fourth-order valence-corrected chi connectivity index (χ4v) is 11.1. The van der Waals surface area contributed by atoms with Crippen molar-refractivity contribution in [3.63, 3.8) is 0 Å². The number of rotatable bonds is 11. The van der Waals surface area contributed by atoms with E-state index < -0.39 is 90.0 Å². The lowest BCUT2D eigenvalue weighted by atomic mass is 9.78. The molecule has 1 saturated carbocycles. The Balaban J connectivity index is 1.44. The van der Waals surface area contributed by atoms with Crippen LogP contribution in [-0.4, -0.2) is 137 Å². The van der Waals surface area contributed by atoms with Gasteiger partial charge in [0.25, 0.3) is 11.7 Å². The number of methoxy groups -OCH3 is 1. The summed E-state index contributed by atoms with van der Waals surface area (Å²) in [6, 6.07) is 8.80. The first-order chi connectivity index (χ1) is 36.2. The lowest BCUT2D eigenvalue weighted by Gasteiger charge is -2.43. The van der Waals surface area contributed by atoms with E-state index in [1.807, 2.05) is 88.4 Å². The van der Waals surface area contributed by atoms with Crippen LogP contribution in [0.4, 0.5) is 4.79 Å². The molecule has 422 valence electrons. The first-order valence-electron chi connectivity index (χ1n) is 27.9. The SMILES string of the molecule is CO[C@@H]1C[C@H](C[C@@H](C)[C@@H]2CC(=O)[C@H](C)/C=C(\C)[C@@H](O)CC(=O)[C@H](C)C[C@H](C)/C=C/C=C/C=C(\C)C(OCCc3ccccc3)C[C@@H]3CC[C@@H](C)[C@@](O)(O3)C(=O)C(=O)N3CCCCC3C(=O)O2)CC[C@H]1OC(=O)NCCO. The molecule has 2 saturated heterocycles. The van der Waals surface area contributed by atoms with Crippen LogP contribution in [0.3, 0.4) is 0 Å². The maximum atomic E-state index is 14.6. The van der Waals surface area contributed by atoms with Crippen LogP contribution in [0.2, 0.25) is 0 Å². The van der Waals surface area contributed by atoms with Crippen molar-refractivity contribution >= 4 is 35.3 Å². The molecule has 1 aliphatic carbocycles. The Morgan fingerprint density at radius 1 is 0.882 bits per heavy atom. The maximum absolute atomic E-state index is 14.6. The fourth-order valence-electron chi connectivity index (χ4n) is 11.1. The van der Waals surface area contributed by atoms with Crippen LogP contribution in [0.1, 0.15) is 138 Å². The van der Waals surface area contributed by atoms with Crippen LogP contribution in [0.5, 0.6) is 0 Å². The number of Topliss-reactive ketones (excluding diaryl/α,β-unsaturated/α-hetero) is 3. The number of hydrogen-bond acceptors (Lipinski definition) is 14. The number of amides is 2. The number of esters is 1. The minimum atomic E-state index is -2.48. The maximum Gasteiger partial charge on any atom is 0.407 e. The smallest absolute Gasteiger partial charge is 0.407 e. The molecule has 1 aromatic carbocycles. The number of carbonyl (C=O) groups excluding carboxylic acids is 6. The van der Waals surface area contributed by atoms with Crippen molar-refractivity contribution in [2.45, 2.75) is 187 Å². The van der Waals surface area contributed by atoms with Crippen molar-refractivity contribution in [3.05, 3.63) is 83.5 Å². The zero-order valence-corrected chi connectivity index (χ0v) is 46.4. The van der Waals surface area contributed by atoms with Crippen molar-refractivity contribution in [3.8, 4) is 0 Å². The van der Waals surface area contributed by atoms with Crippen molar-refractivity contribution < 1.29 is 67.8 Å². The summed E-state index contributed by atoms with van der Waals surface area (Å²) in [6.07, 6.45) is 12.1. The number of piperidine rings is 1. The number of aliphatic hydroxyl groups excluding tert-OH is 2. The van der Waals surface area contributed by atoms with Gasteiger partial charge in [-0.2, -0.15) is 0 Å². The van der Waals surface area contributed by atoms with Gasteiger partial charge in [-0.15, -0.1) is 0 Å². The van der Waals surface area contributed by atoms with Gasteiger partial charge in [-0.3, -0.25) is 19.2 Å². The topological polar surface area (TPSA) is 225 Å². The standard InChI is InChI=1S/C60H88N2O14/c1-38-17-11-9-12-18-39(2)53(73-30-26-45-19-13-10-14-20-45)35-47-24-22-44(7)60(71,76-47)56(67)57(68)62-28-16-15-21-48(62)58(69)74-54(37-51(66)42(5)32-41(4)50(65)36-49(64)40(3)31-38)43(6)33-46-23-25-52(55(34-46)72-8)75-59(70)61-27-29-63/h9-14,17-20,32,38,40,42-44,46-48,50,52-55,63,65,71H,15-16,21-31,33-37H2,1-8H3,(H,61,70)/b12-9+,17-11+,39-18+,41-32+/t38-,40-,42-,43-,44-,46+,47+,48?,50+,52-,53?,54+,55-,60-/m1/s1. The third-order valence-corrected chi connectivity index (χ3v) is 16.1. The minimum absolute atomic E-state index is 0.0256. The minimum Gasteiger partial charge on any atom is -0.460 e. The molecule has 0 aromatic heterocycles. The molecule has 16 heteroatoms. The highest BCUT2D eigenvalue weighted by atomic mass is 16.6. The summed E-state index contributed by atoms with van der Waals surface area (Å²) in [5, 5.41) is 35.1. The Morgan fingerprint density at radius 2 is 1.63 bits per heavy atom. The predicted octanol–water partition coefficient (Wildman–Crippen LogP) is 7.89. The van der Waals surface area contributed by atoms with E-state index in [0.29, 0.717) is 82.8 Å². The van der Waals surface area contributed by atoms with Gasteiger partial charge in [0.05, 0.1) is 37.6 Å². The number of cyclic esters (lactones) is 1. The van der Waals surface area contributed by atoms with Gasteiger partial charge >= 0.3 is 12.1 Å². The van der Waals surface area contributed by atoms with Gasteiger partial charge in [-0.25, -0.2) is 9.59 Å². The van der Waals surface area contributed by atoms with Gasteiger partial charge in [0.1, 0.15) is 29.8 Å². The second-order valence-corrected chi connectivity index (χ2v) is 22.2. The summed E-state index contributed by atoms with van der Waals surface area (Å²) in [6.45, 7) is 13.1. The molecule has 3 fully saturated rings. The van der Waals surface area contributed by atoms with Crippen molar-refractivity contribution in [1.82, 2.24) is 10.2 Å². The first kappa shape index (κ1) is 62.0. The third-order valence-electron chi connectivity index (χ3n) is 16.1. The zero-order chi connectivity index (χ0) is 55.5. The van der Waals surface area contributed by atoms with E-state index in [2.05, 4.69) is 5.32 Å². The summed E-state index contributed by atoms with van der Waals surface area (Å²) in [5.74, 6) is -7.92. The summed E-state index contributed by atoms with van der Waals surface area (Å²) < 4.78 is 30.6. The molecular weight excluding hydrogens is 973 g/mol. The normalized spacial score (nSPS) is 35.1. The van der Waals surface area contributed by atoms with Crippen molar-refractivity contribution in [1.29, 1.82) is 0 Å². The van der Waals surface area contributed by atoms with E-state index >= 15 is 0 Å². The van der Waals surface area contributed by atoms with E-state index in [1.165, 1.54) is 4.90 Å². The summed E-state index contributed by atoms with van der Waals surface area (Å²) in [7, 11) is 1.54. The van der Waals surface area contributed by atoms with E-state index in [-0.39, 0.29) is 68.3 Å². The average molecular weight is 1060 g/mol. The third kappa shape index (κ3) is 18.1. The molecule has 4 aliphatic rings. The first-order valence-corrected chi connectivity index (χ1v) is 27.9. The van der Waals surface area contributed by atoms with E-state index in [0.717, 1.165) is 11.1 Å². The monoisotopic (exact) mass is 1060 g/mol. The summed E-state index contributed by atoms with van der Waals surface area (Å²) in [5.41, 5.74) is 2.47. The molecule has 2 amide bonds. The molecule has 3 heterocycles. The highest BCUT2D eigenvalue weighted by Gasteiger charge is 2.53. The largest absolute Gasteiger partial charge is 0.460 e. The molecule has 2 unspecified atom stereocenters. The number of benzene rings is 1. The van der Waals surface area contributed by atoms with Crippen LogP contribution in [-0.2, 0) is 54.1 Å². The molecule has 0 spiro atoms. The van der Waals surface area contributed by atoms with E-state index in [9.17, 15) is 39.0 Å². The molecule has 76 heavy (non-hydrogen) atoms. The molecule has 0 radical (unpaired) electrons. The predicted molar refractivity (Wildman–Crippen MR) is 287 cm³/mol. The Labute approximate surface area is 451 Å². The van der Waals surface area contributed by atoms with Gasteiger partial charge in [-0.1, -0.05) is 101 Å². The van der Waals surface area contributed by atoms with Crippen LogP contribution in [0, 0.1) is 35.5 Å². The van der Waals surface area contributed by atoms with E-state index in [4.69, 9.17) is 28.8 Å². The average Bonchev–Trinajstić information content (AvgIpc) is 3.40. The molecule has 16 nitrogen and oxygen atoms in total. The number of fused-ring (bicyclic) bond motifs is 3. The Kier molecular flexibility index (Phi) is 24.8. The molecule has 2 bridgehead atoms.